The van der Waals surface area contributed by atoms with Gasteiger partial charge in [-0.2, -0.15) is 0 Å². The molecule has 1 aromatic rings. The number of likely N-dealkylation sites (N-methyl/N-ethyl adjacent to an activating group) is 1. The molecule has 0 heterocycles. The first-order valence-electron chi connectivity index (χ1n) is 5.48. The number of carbonyl (C=O) groups is 1. The highest BCUT2D eigenvalue weighted by atomic mass is 16.5. The standard InChI is InChI=1S/C13H19NO2/c1-5-14-12(13(15)16-4)11-8-9(2)6-7-10(11)3/h6-8,12,14H,5H2,1-4H3. The van der Waals surface area contributed by atoms with Crippen molar-refractivity contribution in [1.82, 2.24) is 5.32 Å². The number of ether oxygens (including phenoxy) is 1. The highest BCUT2D eigenvalue weighted by molar-refractivity contribution is 5.78. The first-order chi connectivity index (χ1) is 7.60. The number of hydrogen-bond acceptors (Lipinski definition) is 3. The largest absolute Gasteiger partial charge is 0.468 e. The van der Waals surface area contributed by atoms with E-state index in [9.17, 15) is 4.79 Å². The van der Waals surface area contributed by atoms with E-state index >= 15 is 0 Å². The average molecular weight is 221 g/mol. The zero-order valence-electron chi connectivity index (χ0n) is 10.3. The molecular weight excluding hydrogens is 202 g/mol. The minimum absolute atomic E-state index is 0.240. The summed E-state index contributed by atoms with van der Waals surface area (Å²) in [4.78, 5) is 11.7. The molecule has 3 nitrogen and oxygen atoms in total. The van der Waals surface area contributed by atoms with Gasteiger partial charge in [0, 0.05) is 0 Å². The highest BCUT2D eigenvalue weighted by Gasteiger charge is 2.21. The van der Waals surface area contributed by atoms with Crippen molar-refractivity contribution in [1.29, 1.82) is 0 Å². The number of aryl methyl sites for hydroxylation is 2. The van der Waals surface area contributed by atoms with Gasteiger partial charge < -0.3 is 10.1 Å². The molecule has 0 aliphatic rings. The van der Waals surface area contributed by atoms with Crippen LogP contribution in [0.15, 0.2) is 18.2 Å². The number of rotatable bonds is 4. The summed E-state index contributed by atoms with van der Waals surface area (Å²) < 4.78 is 4.81. The van der Waals surface area contributed by atoms with E-state index in [1.54, 1.807) is 0 Å². The SMILES string of the molecule is CCNC(C(=O)OC)c1cc(C)ccc1C. The molecule has 88 valence electrons. The number of carbonyl (C=O) groups excluding carboxylic acids is 1. The lowest BCUT2D eigenvalue weighted by molar-refractivity contribution is -0.143. The third kappa shape index (κ3) is 2.83. The van der Waals surface area contributed by atoms with Gasteiger partial charge >= 0.3 is 5.97 Å². The van der Waals surface area contributed by atoms with Gasteiger partial charge in [-0.1, -0.05) is 30.7 Å². The van der Waals surface area contributed by atoms with E-state index in [2.05, 4.69) is 5.32 Å². The molecular formula is C13H19NO2. The van der Waals surface area contributed by atoms with Crippen LogP contribution in [0.2, 0.25) is 0 Å². The number of methoxy groups -OCH3 is 1. The molecule has 0 spiro atoms. The normalized spacial score (nSPS) is 12.2. The van der Waals surface area contributed by atoms with Crippen LogP contribution in [0.1, 0.15) is 29.7 Å². The average Bonchev–Trinajstić information content (AvgIpc) is 2.28. The topological polar surface area (TPSA) is 38.3 Å². The summed E-state index contributed by atoms with van der Waals surface area (Å²) in [6.07, 6.45) is 0. The second-order valence-electron chi connectivity index (χ2n) is 3.87. The smallest absolute Gasteiger partial charge is 0.327 e. The lowest BCUT2D eigenvalue weighted by Gasteiger charge is -2.18. The molecule has 0 aromatic heterocycles. The summed E-state index contributed by atoms with van der Waals surface area (Å²) >= 11 is 0. The summed E-state index contributed by atoms with van der Waals surface area (Å²) in [5, 5.41) is 3.14. The Morgan fingerprint density at radius 1 is 1.44 bits per heavy atom. The number of hydrogen-bond donors (Lipinski definition) is 1. The minimum Gasteiger partial charge on any atom is -0.468 e. The lowest BCUT2D eigenvalue weighted by atomic mass is 9.99. The lowest BCUT2D eigenvalue weighted by Crippen LogP contribution is -2.30. The monoisotopic (exact) mass is 221 g/mol. The van der Waals surface area contributed by atoms with Crippen molar-refractivity contribution in [2.24, 2.45) is 0 Å². The quantitative estimate of drug-likeness (QED) is 0.791. The second-order valence-corrected chi connectivity index (χ2v) is 3.87. The van der Waals surface area contributed by atoms with Crippen LogP contribution in [0.4, 0.5) is 0 Å². The summed E-state index contributed by atoms with van der Waals surface area (Å²) in [6.45, 7) is 6.72. The van der Waals surface area contributed by atoms with E-state index in [1.165, 1.54) is 7.11 Å². The van der Waals surface area contributed by atoms with Crippen LogP contribution in [0.3, 0.4) is 0 Å². The van der Waals surface area contributed by atoms with Crippen molar-refractivity contribution < 1.29 is 9.53 Å². The van der Waals surface area contributed by atoms with Crippen LogP contribution in [0.5, 0.6) is 0 Å². The van der Waals surface area contributed by atoms with E-state index < -0.39 is 0 Å². The van der Waals surface area contributed by atoms with E-state index in [4.69, 9.17) is 4.74 Å². The van der Waals surface area contributed by atoms with Gasteiger partial charge in [0.2, 0.25) is 0 Å². The molecule has 1 N–H and O–H groups in total. The summed E-state index contributed by atoms with van der Waals surface area (Å²) in [7, 11) is 1.41. The third-order valence-electron chi connectivity index (χ3n) is 2.59. The fourth-order valence-corrected chi connectivity index (χ4v) is 1.71. The summed E-state index contributed by atoms with van der Waals surface area (Å²) in [5.74, 6) is -0.240. The first kappa shape index (κ1) is 12.7. The molecule has 0 amide bonds. The van der Waals surface area contributed by atoms with Crippen LogP contribution in [0, 0.1) is 13.8 Å². The van der Waals surface area contributed by atoms with Gasteiger partial charge in [-0.3, -0.25) is 0 Å². The maximum Gasteiger partial charge on any atom is 0.327 e. The van der Waals surface area contributed by atoms with Crippen molar-refractivity contribution in [3.63, 3.8) is 0 Å². The Labute approximate surface area is 96.8 Å². The highest BCUT2D eigenvalue weighted by Crippen LogP contribution is 2.20. The molecule has 3 heteroatoms. The van der Waals surface area contributed by atoms with Crippen molar-refractivity contribution in [2.45, 2.75) is 26.8 Å². The maximum absolute atomic E-state index is 11.7. The van der Waals surface area contributed by atoms with Crippen LogP contribution >= 0.6 is 0 Å². The van der Waals surface area contributed by atoms with Gasteiger partial charge in [0.1, 0.15) is 6.04 Å². The molecule has 1 aromatic carbocycles. The van der Waals surface area contributed by atoms with E-state index in [-0.39, 0.29) is 12.0 Å². The van der Waals surface area contributed by atoms with Crippen LogP contribution in [0.25, 0.3) is 0 Å². The zero-order valence-corrected chi connectivity index (χ0v) is 10.3. The fraction of sp³-hybridized carbons (Fsp3) is 0.462. The Morgan fingerprint density at radius 3 is 2.69 bits per heavy atom. The molecule has 0 bridgehead atoms. The van der Waals surface area contributed by atoms with Crippen molar-refractivity contribution in [3.8, 4) is 0 Å². The van der Waals surface area contributed by atoms with Crippen LogP contribution in [-0.2, 0) is 9.53 Å². The van der Waals surface area contributed by atoms with E-state index in [0.29, 0.717) is 0 Å². The zero-order chi connectivity index (χ0) is 12.1. The van der Waals surface area contributed by atoms with Crippen molar-refractivity contribution >= 4 is 5.97 Å². The summed E-state index contributed by atoms with van der Waals surface area (Å²) in [5.41, 5.74) is 3.24. The number of benzene rings is 1. The molecule has 1 unspecified atom stereocenters. The van der Waals surface area contributed by atoms with Gasteiger partial charge in [-0.05, 0) is 31.5 Å². The molecule has 16 heavy (non-hydrogen) atoms. The number of esters is 1. The predicted octanol–water partition coefficient (Wildman–Crippen LogP) is 2.13. The third-order valence-corrected chi connectivity index (χ3v) is 2.59. The molecule has 0 fully saturated rings. The van der Waals surface area contributed by atoms with Gasteiger partial charge in [-0.15, -0.1) is 0 Å². The van der Waals surface area contributed by atoms with Crippen molar-refractivity contribution in [3.05, 3.63) is 34.9 Å². The van der Waals surface area contributed by atoms with Gasteiger partial charge in [0.15, 0.2) is 0 Å². The maximum atomic E-state index is 11.7. The Morgan fingerprint density at radius 2 is 2.12 bits per heavy atom. The molecule has 0 radical (unpaired) electrons. The number of nitrogens with one attached hydrogen (secondary N) is 1. The van der Waals surface area contributed by atoms with Crippen LogP contribution < -0.4 is 5.32 Å². The Kier molecular flexibility index (Phi) is 4.50. The minimum atomic E-state index is -0.366. The predicted molar refractivity (Wildman–Crippen MR) is 64.3 cm³/mol. The van der Waals surface area contributed by atoms with Crippen LogP contribution in [-0.4, -0.2) is 19.6 Å². The molecule has 0 saturated heterocycles. The van der Waals surface area contributed by atoms with Gasteiger partial charge in [0.25, 0.3) is 0 Å². The molecule has 0 aliphatic heterocycles. The first-order valence-corrected chi connectivity index (χ1v) is 5.48. The molecule has 1 rings (SSSR count). The fourth-order valence-electron chi connectivity index (χ4n) is 1.71. The Balaban J connectivity index is 3.09. The Bertz CT molecular complexity index is 374. The van der Waals surface area contributed by atoms with Gasteiger partial charge in [0.05, 0.1) is 7.11 Å². The summed E-state index contributed by atoms with van der Waals surface area (Å²) in [6, 6.07) is 5.73. The van der Waals surface area contributed by atoms with E-state index in [1.807, 2.05) is 39.0 Å². The molecule has 1 atom stereocenters. The second kappa shape index (κ2) is 5.66. The molecule has 0 saturated carbocycles. The molecule has 0 aliphatic carbocycles. The van der Waals surface area contributed by atoms with Gasteiger partial charge in [-0.25, -0.2) is 4.79 Å². The Hall–Kier alpha value is -1.35. The van der Waals surface area contributed by atoms with E-state index in [0.717, 1.165) is 23.2 Å². The van der Waals surface area contributed by atoms with Crippen molar-refractivity contribution in [2.75, 3.05) is 13.7 Å².